The molecule has 1 amide bonds. The van der Waals surface area contributed by atoms with Crippen LogP contribution in [0.5, 0.6) is 5.75 Å². The van der Waals surface area contributed by atoms with Gasteiger partial charge in [0.25, 0.3) is 11.7 Å². The summed E-state index contributed by atoms with van der Waals surface area (Å²) in [5, 5.41) is 20.3. The molecule has 1 N–H and O–H groups in total. The number of hydrogen-bond donors (Lipinski definition) is 1. The highest BCUT2D eigenvalue weighted by atomic mass is 16.5. The van der Waals surface area contributed by atoms with E-state index in [9.17, 15) is 14.7 Å². The summed E-state index contributed by atoms with van der Waals surface area (Å²) in [6, 6.07) is 22.0. The third-order valence-electron chi connectivity index (χ3n) is 5.68. The van der Waals surface area contributed by atoms with Crippen molar-refractivity contribution in [3.05, 3.63) is 101 Å². The first-order valence-corrected chi connectivity index (χ1v) is 11.1. The van der Waals surface area contributed by atoms with Crippen LogP contribution < -0.4 is 9.64 Å². The number of aliphatic hydroxyl groups excluding tert-OH is 1. The van der Waals surface area contributed by atoms with Crippen LogP contribution in [0.1, 0.15) is 41.6 Å². The minimum atomic E-state index is -0.816. The summed E-state index contributed by atoms with van der Waals surface area (Å²) in [5.74, 6) is -1.09. The van der Waals surface area contributed by atoms with Crippen molar-refractivity contribution < 1.29 is 19.4 Å². The normalized spacial score (nSPS) is 17.0. The van der Waals surface area contributed by atoms with Crippen LogP contribution in [0.15, 0.2) is 78.4 Å². The van der Waals surface area contributed by atoms with Gasteiger partial charge in [-0.1, -0.05) is 36.8 Å². The van der Waals surface area contributed by atoms with E-state index in [1.807, 2.05) is 38.1 Å². The molecule has 1 unspecified atom stereocenters. The molecule has 0 aromatic heterocycles. The molecule has 0 saturated carbocycles. The van der Waals surface area contributed by atoms with E-state index in [1.165, 1.54) is 4.90 Å². The lowest BCUT2D eigenvalue weighted by molar-refractivity contribution is -0.132. The van der Waals surface area contributed by atoms with Gasteiger partial charge in [-0.2, -0.15) is 5.26 Å². The number of carbonyl (C=O) groups is 2. The first-order valence-electron chi connectivity index (χ1n) is 11.1. The van der Waals surface area contributed by atoms with Crippen molar-refractivity contribution in [2.75, 3.05) is 11.5 Å². The van der Waals surface area contributed by atoms with E-state index < -0.39 is 17.7 Å². The number of carbonyl (C=O) groups excluding carboxylic acids is 2. The van der Waals surface area contributed by atoms with Crippen LogP contribution in [-0.4, -0.2) is 23.4 Å². The number of aryl methyl sites for hydroxylation is 1. The zero-order chi connectivity index (χ0) is 24.2. The fourth-order valence-electron chi connectivity index (χ4n) is 4.04. The van der Waals surface area contributed by atoms with Gasteiger partial charge in [0.15, 0.2) is 0 Å². The van der Waals surface area contributed by atoms with Gasteiger partial charge >= 0.3 is 0 Å². The molecule has 1 aliphatic heterocycles. The van der Waals surface area contributed by atoms with Gasteiger partial charge in [-0.05, 0) is 67.4 Å². The molecule has 1 aliphatic rings. The van der Waals surface area contributed by atoms with Crippen LogP contribution in [0.2, 0.25) is 0 Å². The number of aliphatic hydroxyl groups is 1. The molecule has 1 fully saturated rings. The molecule has 6 nitrogen and oxygen atoms in total. The van der Waals surface area contributed by atoms with Crippen LogP contribution >= 0.6 is 0 Å². The maximum atomic E-state index is 13.2. The Hall–Kier alpha value is -4.37. The van der Waals surface area contributed by atoms with Crippen LogP contribution in [-0.2, 0) is 9.59 Å². The zero-order valence-electron chi connectivity index (χ0n) is 19.0. The van der Waals surface area contributed by atoms with Crippen LogP contribution in [0.3, 0.4) is 0 Å². The lowest BCUT2D eigenvalue weighted by Crippen LogP contribution is -2.29. The van der Waals surface area contributed by atoms with Crippen molar-refractivity contribution in [1.29, 1.82) is 5.26 Å². The summed E-state index contributed by atoms with van der Waals surface area (Å²) in [5.41, 5.74) is 3.00. The quantitative estimate of drug-likeness (QED) is 0.312. The number of nitrogens with zero attached hydrogens (tertiary/aromatic N) is 2. The Morgan fingerprint density at radius 3 is 2.38 bits per heavy atom. The summed E-state index contributed by atoms with van der Waals surface area (Å²) in [4.78, 5) is 27.8. The number of nitriles is 1. The minimum Gasteiger partial charge on any atom is -0.507 e. The molecule has 6 heteroatoms. The third-order valence-corrected chi connectivity index (χ3v) is 5.68. The lowest BCUT2D eigenvalue weighted by Gasteiger charge is -2.25. The Balaban J connectivity index is 1.85. The Bertz CT molecular complexity index is 1300. The number of hydrogen-bond acceptors (Lipinski definition) is 5. The predicted molar refractivity (Wildman–Crippen MR) is 129 cm³/mol. The van der Waals surface area contributed by atoms with Crippen molar-refractivity contribution in [3.63, 3.8) is 0 Å². The molecule has 34 heavy (non-hydrogen) atoms. The maximum Gasteiger partial charge on any atom is 0.300 e. The van der Waals surface area contributed by atoms with Crippen LogP contribution in [0, 0.1) is 18.3 Å². The predicted octanol–water partition coefficient (Wildman–Crippen LogP) is 5.28. The first kappa shape index (κ1) is 22.8. The van der Waals surface area contributed by atoms with Gasteiger partial charge in [-0.15, -0.1) is 0 Å². The van der Waals surface area contributed by atoms with Gasteiger partial charge in [0.1, 0.15) is 11.5 Å². The number of amides is 1. The average molecular weight is 453 g/mol. The molecule has 1 heterocycles. The van der Waals surface area contributed by atoms with Crippen molar-refractivity contribution in [3.8, 4) is 11.8 Å². The zero-order valence-corrected chi connectivity index (χ0v) is 19.0. The molecule has 1 atom stereocenters. The van der Waals surface area contributed by atoms with Gasteiger partial charge < -0.3 is 9.84 Å². The molecule has 170 valence electrons. The third kappa shape index (κ3) is 4.28. The summed E-state index contributed by atoms with van der Waals surface area (Å²) in [6.45, 7) is 4.51. The summed E-state index contributed by atoms with van der Waals surface area (Å²) in [7, 11) is 0. The van der Waals surface area contributed by atoms with Gasteiger partial charge in [-0.3, -0.25) is 14.5 Å². The molecule has 0 aliphatic carbocycles. The largest absolute Gasteiger partial charge is 0.507 e. The molecule has 0 spiro atoms. The number of benzene rings is 3. The minimum absolute atomic E-state index is 0.0159. The van der Waals surface area contributed by atoms with E-state index in [2.05, 4.69) is 6.07 Å². The smallest absolute Gasteiger partial charge is 0.300 e. The number of rotatable bonds is 6. The Morgan fingerprint density at radius 2 is 1.76 bits per heavy atom. The fraction of sp³-hybridized carbons (Fsp3) is 0.179. The van der Waals surface area contributed by atoms with Crippen LogP contribution in [0.4, 0.5) is 5.69 Å². The van der Waals surface area contributed by atoms with Gasteiger partial charge in [0.2, 0.25) is 0 Å². The molecule has 0 bridgehead atoms. The molecule has 3 aromatic carbocycles. The van der Waals surface area contributed by atoms with Crippen molar-refractivity contribution >= 4 is 23.1 Å². The summed E-state index contributed by atoms with van der Waals surface area (Å²) in [6.07, 6.45) is 0.872. The maximum absolute atomic E-state index is 13.2. The topological polar surface area (TPSA) is 90.6 Å². The van der Waals surface area contributed by atoms with E-state index in [-0.39, 0.29) is 11.3 Å². The SMILES string of the molecule is CCCOc1ccc(/C(O)=C2/C(=O)C(=O)N(c3ccc(C#N)cc3)C2c2cccc(C)c2)cc1. The second-order valence-corrected chi connectivity index (χ2v) is 8.11. The Labute approximate surface area is 198 Å². The highest BCUT2D eigenvalue weighted by Gasteiger charge is 2.47. The van der Waals surface area contributed by atoms with Crippen molar-refractivity contribution in [2.24, 2.45) is 0 Å². The lowest BCUT2D eigenvalue weighted by atomic mass is 9.94. The molecule has 3 aromatic rings. The number of ether oxygens (including phenoxy) is 1. The monoisotopic (exact) mass is 452 g/mol. The summed E-state index contributed by atoms with van der Waals surface area (Å²) < 4.78 is 5.60. The van der Waals surface area contributed by atoms with E-state index >= 15 is 0 Å². The molecular formula is C28H24N2O4. The first-order chi connectivity index (χ1) is 16.4. The van der Waals surface area contributed by atoms with Crippen molar-refractivity contribution in [2.45, 2.75) is 26.3 Å². The van der Waals surface area contributed by atoms with Crippen molar-refractivity contribution in [1.82, 2.24) is 0 Å². The van der Waals surface area contributed by atoms with E-state index in [0.29, 0.717) is 34.7 Å². The van der Waals surface area contributed by atoms with Crippen LogP contribution in [0.25, 0.3) is 5.76 Å². The highest BCUT2D eigenvalue weighted by molar-refractivity contribution is 6.51. The van der Waals surface area contributed by atoms with E-state index in [4.69, 9.17) is 10.00 Å². The Kier molecular flexibility index (Phi) is 6.46. The van der Waals surface area contributed by atoms with E-state index in [1.54, 1.807) is 48.5 Å². The second-order valence-electron chi connectivity index (χ2n) is 8.11. The van der Waals surface area contributed by atoms with E-state index in [0.717, 1.165) is 12.0 Å². The fourth-order valence-corrected chi connectivity index (χ4v) is 4.04. The van der Waals surface area contributed by atoms with Gasteiger partial charge in [0, 0.05) is 11.3 Å². The molecule has 0 radical (unpaired) electrons. The number of ketones is 1. The highest BCUT2D eigenvalue weighted by Crippen LogP contribution is 2.42. The summed E-state index contributed by atoms with van der Waals surface area (Å²) >= 11 is 0. The molecule has 1 saturated heterocycles. The van der Waals surface area contributed by atoms with Gasteiger partial charge in [0.05, 0.1) is 29.9 Å². The molecular weight excluding hydrogens is 428 g/mol. The molecule has 4 rings (SSSR count). The number of Topliss-reactive ketones (excluding diaryl/α,β-unsaturated/α-hetero) is 1. The van der Waals surface area contributed by atoms with Gasteiger partial charge in [-0.25, -0.2) is 0 Å². The Morgan fingerprint density at radius 1 is 1.06 bits per heavy atom. The second kappa shape index (κ2) is 9.63. The number of anilines is 1. The average Bonchev–Trinajstić information content (AvgIpc) is 3.13. The standard InChI is InChI=1S/C28H24N2O4/c1-3-15-34-23-13-9-20(10-14-23)26(31)24-25(21-6-4-5-18(2)16-21)30(28(33)27(24)32)22-11-7-19(17-29)8-12-22/h4-14,16,25,31H,3,15H2,1-2H3/b26-24-.